The Morgan fingerprint density at radius 2 is 1.90 bits per heavy atom. The van der Waals surface area contributed by atoms with Crippen molar-refractivity contribution in [2.75, 3.05) is 23.9 Å². The van der Waals surface area contributed by atoms with Gasteiger partial charge >= 0.3 is 0 Å². The van der Waals surface area contributed by atoms with E-state index >= 15 is 0 Å². The number of nitrogens with one attached hydrogen (secondary N) is 1. The molecule has 1 rings (SSSR count). The molecule has 0 unspecified atom stereocenters. The molecule has 21 heavy (non-hydrogen) atoms. The maximum absolute atomic E-state index is 11.4. The molecule has 0 aliphatic heterocycles. The Hall–Kier alpha value is -1.72. The van der Waals surface area contributed by atoms with Gasteiger partial charge in [0, 0.05) is 18.9 Å². The summed E-state index contributed by atoms with van der Waals surface area (Å²) in [6.07, 6.45) is 1.12. The number of nitrogens with zero attached hydrogens (tertiary/aromatic N) is 1. The summed E-state index contributed by atoms with van der Waals surface area (Å²) in [6, 6.07) is 3.47. The van der Waals surface area contributed by atoms with Gasteiger partial charge in [0.05, 0.1) is 15.6 Å². The molecule has 0 aliphatic rings. The fourth-order valence-electron chi connectivity index (χ4n) is 1.54. The molecule has 0 radical (unpaired) electrons. The van der Waals surface area contributed by atoms with E-state index in [1.54, 1.807) is 0 Å². The molecular formula is C10H15N3O6S2. The first-order valence-corrected chi connectivity index (χ1v) is 9.34. The molecule has 0 amide bonds. The van der Waals surface area contributed by atoms with E-state index in [0.29, 0.717) is 0 Å². The van der Waals surface area contributed by atoms with Crippen LogP contribution in [0, 0.1) is 10.1 Å². The van der Waals surface area contributed by atoms with Gasteiger partial charge in [0.2, 0.25) is 10.0 Å². The lowest BCUT2D eigenvalue weighted by Crippen LogP contribution is -2.18. The quantitative estimate of drug-likeness (QED) is 0.406. The second kappa shape index (κ2) is 6.37. The first-order valence-electron chi connectivity index (χ1n) is 5.73. The molecule has 0 spiro atoms. The van der Waals surface area contributed by atoms with Crippen molar-refractivity contribution in [2.45, 2.75) is 11.3 Å². The second-order valence-corrected chi connectivity index (χ2v) is 8.11. The van der Waals surface area contributed by atoms with Crippen molar-refractivity contribution in [1.82, 2.24) is 0 Å². The fourth-order valence-corrected chi connectivity index (χ4v) is 2.73. The molecule has 9 nitrogen and oxygen atoms in total. The minimum atomic E-state index is -3.58. The van der Waals surface area contributed by atoms with Gasteiger partial charge in [-0.05, 0) is 18.6 Å². The zero-order chi connectivity index (χ0) is 16.3. The number of hydrogen-bond acceptors (Lipinski definition) is 7. The lowest BCUT2D eigenvalue weighted by molar-refractivity contribution is -0.384. The average Bonchev–Trinajstić information content (AvgIpc) is 2.32. The monoisotopic (exact) mass is 337 g/mol. The normalized spacial score (nSPS) is 12.1. The zero-order valence-electron chi connectivity index (χ0n) is 11.1. The summed E-state index contributed by atoms with van der Waals surface area (Å²) >= 11 is 0. The molecule has 118 valence electrons. The third kappa shape index (κ3) is 5.65. The smallest absolute Gasteiger partial charge is 0.293 e. The minimum absolute atomic E-state index is 0.113. The number of nitrogens with two attached hydrogens (primary N) is 1. The summed E-state index contributed by atoms with van der Waals surface area (Å²) in [4.78, 5) is 10.1. The molecule has 0 fully saturated rings. The van der Waals surface area contributed by atoms with Crippen LogP contribution in [0.5, 0.6) is 0 Å². The summed E-state index contributed by atoms with van der Waals surface area (Å²) in [6.45, 7) is 0.148. The third-order valence-corrected chi connectivity index (χ3v) is 4.48. The molecule has 0 saturated carbocycles. The standard InChI is InChI=1S/C10H15N3O6S2/c1-20(16,17)8-3-4-9(10(7-8)13(14)15)12-5-2-6-21(11,18)19/h3-4,7,12H,2,5-6H2,1H3,(H2,11,18,19). The topological polar surface area (TPSA) is 149 Å². The van der Waals surface area contributed by atoms with Gasteiger partial charge in [-0.1, -0.05) is 0 Å². The van der Waals surface area contributed by atoms with Crippen LogP contribution < -0.4 is 10.5 Å². The molecule has 1 aromatic rings. The number of rotatable bonds is 7. The van der Waals surface area contributed by atoms with Gasteiger partial charge in [0.15, 0.2) is 9.84 Å². The van der Waals surface area contributed by atoms with Crippen LogP contribution >= 0.6 is 0 Å². The SMILES string of the molecule is CS(=O)(=O)c1ccc(NCCCS(N)(=O)=O)c([N+](=O)[O-])c1. The first kappa shape index (κ1) is 17.3. The van der Waals surface area contributed by atoms with Crippen LogP contribution in [0.3, 0.4) is 0 Å². The van der Waals surface area contributed by atoms with Crippen LogP contribution in [0.2, 0.25) is 0 Å². The van der Waals surface area contributed by atoms with Gasteiger partial charge in [-0.25, -0.2) is 22.0 Å². The first-order chi connectivity index (χ1) is 9.50. The number of sulfonamides is 1. The Morgan fingerprint density at radius 1 is 1.29 bits per heavy atom. The number of primary sulfonamides is 1. The summed E-state index contributed by atoms with van der Waals surface area (Å²) in [5, 5.41) is 18.5. The second-order valence-electron chi connectivity index (χ2n) is 4.36. The number of nitro benzene ring substituents is 1. The van der Waals surface area contributed by atoms with E-state index in [-0.39, 0.29) is 29.3 Å². The minimum Gasteiger partial charge on any atom is -0.379 e. The maximum Gasteiger partial charge on any atom is 0.293 e. The Bertz CT molecular complexity index is 742. The Labute approximate surface area is 122 Å². The van der Waals surface area contributed by atoms with Gasteiger partial charge in [0.25, 0.3) is 5.69 Å². The van der Waals surface area contributed by atoms with Crippen LogP contribution in [0.1, 0.15) is 6.42 Å². The zero-order valence-corrected chi connectivity index (χ0v) is 12.8. The van der Waals surface area contributed by atoms with Crippen molar-refractivity contribution in [3.05, 3.63) is 28.3 Å². The Kier molecular flexibility index (Phi) is 5.25. The summed E-state index contributed by atoms with van der Waals surface area (Å²) in [5.74, 6) is -0.255. The highest BCUT2D eigenvalue weighted by molar-refractivity contribution is 7.90. The third-order valence-electron chi connectivity index (χ3n) is 2.52. The van der Waals surface area contributed by atoms with Crippen LogP contribution in [-0.4, -0.2) is 40.3 Å². The van der Waals surface area contributed by atoms with Crippen LogP contribution in [0.15, 0.2) is 23.1 Å². The van der Waals surface area contributed by atoms with Gasteiger partial charge in [-0.2, -0.15) is 0 Å². The molecule has 0 saturated heterocycles. The molecule has 0 heterocycles. The van der Waals surface area contributed by atoms with Crippen molar-refractivity contribution in [2.24, 2.45) is 5.14 Å². The number of benzene rings is 1. The highest BCUT2D eigenvalue weighted by Gasteiger charge is 2.18. The molecule has 0 atom stereocenters. The Balaban J connectivity index is 2.90. The average molecular weight is 337 g/mol. The van der Waals surface area contributed by atoms with E-state index in [1.165, 1.54) is 12.1 Å². The molecule has 0 bridgehead atoms. The number of anilines is 1. The summed E-state index contributed by atoms with van der Waals surface area (Å²) in [5.41, 5.74) is -0.282. The number of nitro groups is 1. The molecule has 0 aromatic heterocycles. The van der Waals surface area contributed by atoms with E-state index in [4.69, 9.17) is 5.14 Å². The van der Waals surface area contributed by atoms with Gasteiger partial charge in [0.1, 0.15) is 5.69 Å². The van der Waals surface area contributed by atoms with Crippen LogP contribution in [0.25, 0.3) is 0 Å². The van der Waals surface area contributed by atoms with Gasteiger partial charge in [-0.3, -0.25) is 10.1 Å². The van der Waals surface area contributed by atoms with Crippen molar-refractivity contribution in [3.63, 3.8) is 0 Å². The van der Waals surface area contributed by atoms with Gasteiger partial charge in [-0.15, -0.1) is 0 Å². The molecule has 0 aliphatic carbocycles. The van der Waals surface area contributed by atoms with E-state index in [1.807, 2.05) is 0 Å². The van der Waals surface area contributed by atoms with Gasteiger partial charge < -0.3 is 5.32 Å². The highest BCUT2D eigenvalue weighted by atomic mass is 32.2. The largest absolute Gasteiger partial charge is 0.379 e. The van der Waals surface area contributed by atoms with Crippen LogP contribution in [0.4, 0.5) is 11.4 Å². The predicted octanol–water partition coefficient (Wildman–Crippen LogP) is 0.0888. The predicted molar refractivity (Wildman–Crippen MR) is 77.3 cm³/mol. The lowest BCUT2D eigenvalue weighted by atomic mass is 10.2. The molecule has 1 aromatic carbocycles. The van der Waals surface area contributed by atoms with E-state index in [0.717, 1.165) is 12.3 Å². The van der Waals surface area contributed by atoms with Crippen molar-refractivity contribution in [1.29, 1.82) is 0 Å². The summed E-state index contributed by atoms with van der Waals surface area (Å²) in [7, 11) is -7.13. The van der Waals surface area contributed by atoms with Crippen molar-refractivity contribution >= 4 is 31.2 Å². The molecule has 3 N–H and O–H groups in total. The van der Waals surface area contributed by atoms with E-state index in [2.05, 4.69) is 5.32 Å². The number of hydrogen-bond donors (Lipinski definition) is 2. The fraction of sp³-hybridized carbons (Fsp3) is 0.400. The molecule has 11 heteroatoms. The molecular weight excluding hydrogens is 322 g/mol. The summed E-state index contributed by atoms with van der Waals surface area (Å²) < 4.78 is 44.2. The Morgan fingerprint density at radius 3 is 2.38 bits per heavy atom. The number of sulfone groups is 1. The van der Waals surface area contributed by atoms with E-state index < -0.39 is 30.5 Å². The highest BCUT2D eigenvalue weighted by Crippen LogP contribution is 2.27. The maximum atomic E-state index is 11.4. The lowest BCUT2D eigenvalue weighted by Gasteiger charge is -2.08. The van der Waals surface area contributed by atoms with Crippen molar-refractivity contribution in [3.8, 4) is 0 Å². The van der Waals surface area contributed by atoms with E-state index in [9.17, 15) is 26.9 Å². The van der Waals surface area contributed by atoms with Crippen molar-refractivity contribution < 1.29 is 21.8 Å². The van der Waals surface area contributed by atoms with Crippen LogP contribution in [-0.2, 0) is 19.9 Å².